The standard InChI is InChI=1S/C40H39N3O6S2/c1-28-11-9-10-16-34(28)36-25-30(17-22-35(36)38(44)41-37(39(45)46)23-24-50-2)27-43(26-29-12-5-3-6-13-29)33-20-18-32(19-21-33)42-51(48,49)40(47)31-14-7-4-8-15-31/h3-22,25,37,42H,23-24,26-27H2,1-2H3,(H,41,44)(H,45,46)/t37-/m0/s1. The first kappa shape index (κ1) is 36.9. The van der Waals surface area contributed by atoms with Crippen molar-refractivity contribution in [1.29, 1.82) is 0 Å². The Kier molecular flexibility index (Phi) is 12.3. The molecule has 5 aromatic rings. The number of benzene rings is 5. The highest BCUT2D eigenvalue weighted by Crippen LogP contribution is 2.30. The van der Waals surface area contributed by atoms with Crippen molar-refractivity contribution in [1.82, 2.24) is 5.32 Å². The summed E-state index contributed by atoms with van der Waals surface area (Å²) in [6, 6.07) is 36.8. The van der Waals surface area contributed by atoms with Crippen molar-refractivity contribution < 1.29 is 27.9 Å². The molecule has 262 valence electrons. The lowest BCUT2D eigenvalue weighted by molar-refractivity contribution is -0.139. The van der Waals surface area contributed by atoms with Gasteiger partial charge in [0.05, 0.1) is 0 Å². The Morgan fingerprint density at radius 3 is 2.04 bits per heavy atom. The van der Waals surface area contributed by atoms with Gasteiger partial charge in [-0.15, -0.1) is 0 Å². The van der Waals surface area contributed by atoms with Crippen LogP contribution in [0, 0.1) is 6.92 Å². The topological polar surface area (TPSA) is 133 Å². The molecule has 0 aromatic heterocycles. The largest absolute Gasteiger partial charge is 0.480 e. The Bertz CT molecular complexity index is 2090. The van der Waals surface area contributed by atoms with Crippen molar-refractivity contribution in [2.75, 3.05) is 21.6 Å². The third kappa shape index (κ3) is 9.65. The molecule has 1 amide bonds. The van der Waals surface area contributed by atoms with Crippen LogP contribution in [0.3, 0.4) is 0 Å². The molecular weight excluding hydrogens is 683 g/mol. The average molecular weight is 722 g/mol. The number of nitrogens with zero attached hydrogens (tertiary/aromatic N) is 1. The first-order valence-corrected chi connectivity index (χ1v) is 19.2. The number of carboxylic acid groups (broad SMARTS) is 1. The first-order chi connectivity index (χ1) is 24.6. The van der Waals surface area contributed by atoms with Gasteiger partial charge in [0.2, 0.25) is 0 Å². The second-order valence-corrected chi connectivity index (χ2v) is 14.6. The monoisotopic (exact) mass is 721 g/mol. The van der Waals surface area contributed by atoms with Crippen LogP contribution in [0.2, 0.25) is 0 Å². The first-order valence-electron chi connectivity index (χ1n) is 16.3. The van der Waals surface area contributed by atoms with Crippen LogP contribution in [0.4, 0.5) is 11.4 Å². The number of carboxylic acids is 1. The van der Waals surface area contributed by atoms with Gasteiger partial charge in [0.1, 0.15) is 6.04 Å². The quantitative estimate of drug-likeness (QED) is 0.102. The summed E-state index contributed by atoms with van der Waals surface area (Å²) in [5, 5.41) is 11.5. The van der Waals surface area contributed by atoms with Crippen LogP contribution in [-0.4, -0.2) is 48.6 Å². The molecule has 0 saturated carbocycles. The van der Waals surface area contributed by atoms with E-state index in [0.29, 0.717) is 36.4 Å². The second kappa shape index (κ2) is 17.0. The van der Waals surface area contributed by atoms with Gasteiger partial charge in [-0.25, -0.2) is 4.79 Å². The molecule has 0 aliphatic rings. The predicted molar refractivity (Wildman–Crippen MR) is 205 cm³/mol. The molecular formula is C40H39N3O6S2. The fourth-order valence-electron chi connectivity index (χ4n) is 5.65. The minimum atomic E-state index is -4.33. The Labute approximate surface area is 302 Å². The third-order valence-electron chi connectivity index (χ3n) is 8.31. The van der Waals surface area contributed by atoms with Gasteiger partial charge in [0, 0.05) is 35.6 Å². The maximum atomic E-state index is 13.6. The average Bonchev–Trinajstić information content (AvgIpc) is 3.13. The molecule has 0 spiro atoms. The Morgan fingerprint density at radius 1 is 0.765 bits per heavy atom. The van der Waals surface area contributed by atoms with E-state index >= 15 is 0 Å². The normalized spacial score (nSPS) is 11.7. The smallest absolute Gasteiger partial charge is 0.326 e. The molecule has 51 heavy (non-hydrogen) atoms. The van der Waals surface area contributed by atoms with E-state index in [-0.39, 0.29) is 11.3 Å². The van der Waals surface area contributed by atoms with E-state index in [1.807, 2.05) is 79.9 Å². The molecule has 0 fully saturated rings. The second-order valence-electron chi connectivity index (χ2n) is 12.0. The fourth-order valence-corrected chi connectivity index (χ4v) is 7.11. The lowest BCUT2D eigenvalue weighted by Crippen LogP contribution is -2.41. The van der Waals surface area contributed by atoms with Crippen molar-refractivity contribution in [3.63, 3.8) is 0 Å². The van der Waals surface area contributed by atoms with Crippen molar-refractivity contribution in [2.24, 2.45) is 0 Å². The molecule has 0 heterocycles. The molecule has 5 aromatic carbocycles. The number of sulfonamides is 1. The molecule has 0 aliphatic heterocycles. The number of rotatable bonds is 15. The summed E-state index contributed by atoms with van der Waals surface area (Å²) in [7, 11) is -4.33. The van der Waals surface area contributed by atoms with Crippen LogP contribution in [-0.2, 0) is 27.9 Å². The number of aryl methyl sites for hydroxylation is 1. The Balaban J connectivity index is 1.46. The maximum absolute atomic E-state index is 13.6. The van der Waals surface area contributed by atoms with E-state index < -0.39 is 33.1 Å². The third-order valence-corrected chi connectivity index (χ3v) is 10.2. The number of thioether (sulfide) groups is 1. The van der Waals surface area contributed by atoms with E-state index in [2.05, 4.69) is 14.9 Å². The summed E-state index contributed by atoms with van der Waals surface area (Å²) in [6.07, 6.45) is 2.19. The Morgan fingerprint density at radius 2 is 1.39 bits per heavy atom. The van der Waals surface area contributed by atoms with Crippen LogP contribution in [0.15, 0.2) is 127 Å². The van der Waals surface area contributed by atoms with E-state index in [0.717, 1.165) is 27.9 Å². The minimum absolute atomic E-state index is 0.0709. The number of hydrogen-bond acceptors (Lipinski definition) is 7. The summed E-state index contributed by atoms with van der Waals surface area (Å²) >= 11 is 1.52. The van der Waals surface area contributed by atoms with Crippen LogP contribution in [0.5, 0.6) is 0 Å². The number of hydrogen-bond donors (Lipinski definition) is 3. The highest BCUT2D eigenvalue weighted by molar-refractivity contribution is 8.07. The van der Waals surface area contributed by atoms with Gasteiger partial charge >= 0.3 is 16.0 Å². The molecule has 9 nitrogen and oxygen atoms in total. The van der Waals surface area contributed by atoms with Gasteiger partial charge in [-0.3, -0.25) is 14.3 Å². The molecule has 1 atom stereocenters. The zero-order chi connectivity index (χ0) is 36.4. The molecule has 0 aliphatic carbocycles. The van der Waals surface area contributed by atoms with Gasteiger partial charge in [0.25, 0.3) is 11.0 Å². The predicted octanol–water partition coefficient (Wildman–Crippen LogP) is 7.39. The Hall–Kier alpha value is -5.39. The number of aliphatic carboxylic acids is 1. The highest BCUT2D eigenvalue weighted by Gasteiger charge is 2.25. The van der Waals surface area contributed by atoms with Crippen molar-refractivity contribution in [3.05, 3.63) is 155 Å². The van der Waals surface area contributed by atoms with E-state index in [1.54, 1.807) is 48.5 Å². The molecule has 0 saturated heterocycles. The van der Waals surface area contributed by atoms with Gasteiger partial charge in [0.15, 0.2) is 0 Å². The van der Waals surface area contributed by atoms with Gasteiger partial charge in [-0.05, 0) is 89.6 Å². The van der Waals surface area contributed by atoms with E-state index in [9.17, 15) is 27.9 Å². The summed E-state index contributed by atoms with van der Waals surface area (Å²) in [6.45, 7) is 2.92. The zero-order valence-corrected chi connectivity index (χ0v) is 29.9. The van der Waals surface area contributed by atoms with Crippen LogP contribution < -0.4 is 14.9 Å². The van der Waals surface area contributed by atoms with Crippen LogP contribution in [0.1, 0.15) is 43.8 Å². The van der Waals surface area contributed by atoms with Crippen molar-refractivity contribution in [2.45, 2.75) is 32.5 Å². The van der Waals surface area contributed by atoms with Crippen molar-refractivity contribution >= 4 is 50.2 Å². The summed E-state index contributed by atoms with van der Waals surface area (Å²) < 4.78 is 28.1. The maximum Gasteiger partial charge on any atom is 0.326 e. The van der Waals surface area contributed by atoms with Gasteiger partial charge < -0.3 is 15.3 Å². The molecule has 11 heteroatoms. The van der Waals surface area contributed by atoms with Gasteiger partial charge in [-0.2, -0.15) is 20.2 Å². The lowest BCUT2D eigenvalue weighted by Gasteiger charge is -2.26. The molecule has 0 bridgehead atoms. The SMILES string of the molecule is CSCC[C@H](NC(=O)c1ccc(CN(Cc2ccccc2)c2ccc(NS(=O)(=O)C(=O)c3ccccc3)cc2)cc1-c1ccccc1C)C(=O)O. The molecule has 0 radical (unpaired) electrons. The number of carbonyl (C=O) groups excluding carboxylic acids is 2. The van der Waals surface area contributed by atoms with Crippen LogP contribution >= 0.6 is 11.8 Å². The zero-order valence-electron chi connectivity index (χ0n) is 28.3. The summed E-state index contributed by atoms with van der Waals surface area (Å²) in [5.74, 6) is -0.945. The minimum Gasteiger partial charge on any atom is -0.480 e. The number of nitrogens with one attached hydrogen (secondary N) is 2. The van der Waals surface area contributed by atoms with Crippen LogP contribution in [0.25, 0.3) is 11.1 Å². The van der Waals surface area contributed by atoms with E-state index in [1.165, 1.54) is 23.9 Å². The van der Waals surface area contributed by atoms with E-state index in [4.69, 9.17) is 0 Å². The molecule has 3 N–H and O–H groups in total. The number of amides is 1. The van der Waals surface area contributed by atoms with Crippen molar-refractivity contribution in [3.8, 4) is 11.1 Å². The number of carbonyl (C=O) groups is 3. The number of anilines is 2. The molecule has 0 unspecified atom stereocenters. The van der Waals surface area contributed by atoms with Gasteiger partial charge in [-0.1, -0.05) is 91.0 Å². The summed E-state index contributed by atoms with van der Waals surface area (Å²) in [5.41, 5.74) is 5.95. The molecule has 5 rings (SSSR count). The lowest BCUT2D eigenvalue weighted by atomic mass is 9.93. The fraction of sp³-hybridized carbons (Fsp3) is 0.175. The highest BCUT2D eigenvalue weighted by atomic mass is 32.2. The summed E-state index contributed by atoms with van der Waals surface area (Å²) in [4.78, 5) is 40.4.